The van der Waals surface area contributed by atoms with Gasteiger partial charge in [-0.05, 0) is 37.8 Å². The van der Waals surface area contributed by atoms with E-state index < -0.39 is 12.1 Å². The molecule has 1 aromatic rings. The third-order valence-electron chi connectivity index (χ3n) is 3.43. The predicted octanol–water partition coefficient (Wildman–Crippen LogP) is 3.89. The minimum atomic E-state index is -0.779. The molecule has 23 heavy (non-hydrogen) atoms. The maximum atomic E-state index is 10.4. The number of ether oxygens (including phenoxy) is 1. The van der Waals surface area contributed by atoms with Crippen LogP contribution in [0.1, 0.15) is 63.5 Å². The highest BCUT2D eigenvalue weighted by molar-refractivity contribution is 5.66. The third-order valence-corrected chi connectivity index (χ3v) is 3.43. The normalized spacial score (nSPS) is 12.4. The van der Waals surface area contributed by atoms with Crippen molar-refractivity contribution in [2.75, 3.05) is 6.61 Å². The van der Waals surface area contributed by atoms with Crippen LogP contribution in [0, 0.1) is 0 Å². The van der Waals surface area contributed by atoms with E-state index in [0.717, 1.165) is 19.3 Å². The molecule has 1 atom stereocenters. The first-order valence-corrected chi connectivity index (χ1v) is 8.27. The maximum absolute atomic E-state index is 10.4. The molecular weight excluding hydrogens is 294 g/mol. The van der Waals surface area contributed by atoms with E-state index in [0.29, 0.717) is 37.3 Å². The number of carboxylic acids is 1. The van der Waals surface area contributed by atoms with Crippen LogP contribution in [0.5, 0.6) is 5.88 Å². The molecule has 0 saturated heterocycles. The predicted molar refractivity (Wildman–Crippen MR) is 89.5 cm³/mol. The van der Waals surface area contributed by atoms with Gasteiger partial charge in [-0.25, -0.2) is 4.98 Å². The third kappa shape index (κ3) is 8.35. The number of pyridine rings is 1. The van der Waals surface area contributed by atoms with Gasteiger partial charge < -0.3 is 14.9 Å². The molecule has 0 aliphatic heterocycles. The Hall–Kier alpha value is -1.88. The van der Waals surface area contributed by atoms with Crippen LogP contribution < -0.4 is 4.74 Å². The Kier molecular flexibility index (Phi) is 9.71. The second-order valence-corrected chi connectivity index (χ2v) is 5.46. The van der Waals surface area contributed by atoms with Gasteiger partial charge in [0.05, 0.1) is 12.7 Å². The number of unbranched alkanes of at least 4 members (excludes halogenated alkanes) is 3. The Morgan fingerprint density at radius 1 is 1.35 bits per heavy atom. The molecule has 128 valence electrons. The molecule has 0 bridgehead atoms. The molecule has 0 aliphatic rings. The lowest BCUT2D eigenvalue weighted by molar-refractivity contribution is -0.137. The van der Waals surface area contributed by atoms with Gasteiger partial charge in [-0.2, -0.15) is 0 Å². The van der Waals surface area contributed by atoms with Crippen molar-refractivity contribution in [3.05, 3.63) is 36.0 Å². The van der Waals surface area contributed by atoms with E-state index in [-0.39, 0.29) is 6.42 Å². The van der Waals surface area contributed by atoms with Crippen LogP contribution >= 0.6 is 0 Å². The molecule has 5 nitrogen and oxygen atoms in total. The molecule has 0 amide bonds. The summed E-state index contributed by atoms with van der Waals surface area (Å²) in [5.74, 6) is -0.283. The van der Waals surface area contributed by atoms with Crippen LogP contribution in [0.15, 0.2) is 30.5 Å². The van der Waals surface area contributed by atoms with Gasteiger partial charge in [-0.1, -0.05) is 31.9 Å². The quantitative estimate of drug-likeness (QED) is 0.451. The summed E-state index contributed by atoms with van der Waals surface area (Å²) in [5.41, 5.74) is 0.694. The summed E-state index contributed by atoms with van der Waals surface area (Å²) in [7, 11) is 0. The van der Waals surface area contributed by atoms with E-state index in [4.69, 9.17) is 9.84 Å². The van der Waals surface area contributed by atoms with Gasteiger partial charge >= 0.3 is 5.97 Å². The summed E-state index contributed by atoms with van der Waals surface area (Å²) in [4.78, 5) is 14.6. The topological polar surface area (TPSA) is 79.7 Å². The molecular formula is C18H27NO4. The number of aromatic nitrogens is 1. The molecule has 0 aliphatic carbocycles. The first-order valence-electron chi connectivity index (χ1n) is 8.27. The minimum absolute atomic E-state index is 0.172. The number of allylic oxidation sites excluding steroid dienone is 1. The average molecular weight is 321 g/mol. The van der Waals surface area contributed by atoms with Crippen molar-refractivity contribution in [2.24, 2.45) is 0 Å². The van der Waals surface area contributed by atoms with Gasteiger partial charge in [0, 0.05) is 18.2 Å². The van der Waals surface area contributed by atoms with Gasteiger partial charge in [0.2, 0.25) is 5.88 Å². The number of carbonyl (C=O) groups is 1. The van der Waals surface area contributed by atoms with E-state index in [1.54, 1.807) is 12.3 Å². The first kappa shape index (κ1) is 19.2. The van der Waals surface area contributed by atoms with Crippen molar-refractivity contribution in [1.29, 1.82) is 0 Å². The number of aliphatic hydroxyl groups excluding tert-OH is 1. The monoisotopic (exact) mass is 321 g/mol. The lowest BCUT2D eigenvalue weighted by Crippen LogP contribution is -2.05. The molecule has 2 N–H and O–H groups in total. The van der Waals surface area contributed by atoms with Crippen LogP contribution in [0.3, 0.4) is 0 Å². The van der Waals surface area contributed by atoms with Gasteiger partial charge in [-0.3, -0.25) is 4.79 Å². The van der Waals surface area contributed by atoms with E-state index in [2.05, 4.69) is 11.9 Å². The summed E-state index contributed by atoms with van der Waals surface area (Å²) in [6.45, 7) is 2.74. The molecule has 1 heterocycles. The molecule has 1 rings (SSSR count). The minimum Gasteiger partial charge on any atom is -0.481 e. The fourth-order valence-corrected chi connectivity index (χ4v) is 2.14. The Labute approximate surface area is 138 Å². The highest BCUT2D eigenvalue weighted by Crippen LogP contribution is 2.25. The van der Waals surface area contributed by atoms with Crippen LogP contribution in [0.2, 0.25) is 0 Å². The number of nitrogens with zero attached hydrogens (tertiary/aromatic N) is 1. The van der Waals surface area contributed by atoms with Crippen LogP contribution in [-0.2, 0) is 4.79 Å². The van der Waals surface area contributed by atoms with Crippen molar-refractivity contribution < 1.29 is 19.7 Å². The van der Waals surface area contributed by atoms with Crippen molar-refractivity contribution in [3.63, 3.8) is 0 Å². The number of aliphatic carboxylic acids is 1. The van der Waals surface area contributed by atoms with Crippen molar-refractivity contribution in [2.45, 2.75) is 58.0 Å². The second kappa shape index (κ2) is 11.7. The fraction of sp³-hybridized carbons (Fsp3) is 0.556. The summed E-state index contributed by atoms with van der Waals surface area (Å²) >= 11 is 0. The zero-order chi connectivity index (χ0) is 16.9. The van der Waals surface area contributed by atoms with Gasteiger partial charge in [0.15, 0.2) is 0 Å². The molecule has 0 aromatic carbocycles. The van der Waals surface area contributed by atoms with E-state index in [1.807, 2.05) is 18.2 Å². The second-order valence-electron chi connectivity index (χ2n) is 5.46. The first-order chi connectivity index (χ1) is 11.1. The van der Waals surface area contributed by atoms with Gasteiger partial charge in [-0.15, -0.1) is 0 Å². The molecule has 0 radical (unpaired) electrons. The number of rotatable bonds is 12. The van der Waals surface area contributed by atoms with E-state index in [1.165, 1.54) is 0 Å². The molecule has 1 aromatic heterocycles. The Bertz CT molecular complexity index is 488. The highest BCUT2D eigenvalue weighted by atomic mass is 16.5. The number of aliphatic hydroxyl groups is 1. The number of hydrogen-bond donors (Lipinski definition) is 2. The summed E-state index contributed by atoms with van der Waals surface area (Å²) < 4.78 is 5.67. The zero-order valence-corrected chi connectivity index (χ0v) is 13.8. The van der Waals surface area contributed by atoms with Crippen LogP contribution in [-0.4, -0.2) is 27.8 Å². The maximum Gasteiger partial charge on any atom is 0.303 e. The zero-order valence-electron chi connectivity index (χ0n) is 13.8. The smallest absolute Gasteiger partial charge is 0.303 e. The van der Waals surface area contributed by atoms with Crippen molar-refractivity contribution in [1.82, 2.24) is 4.98 Å². The van der Waals surface area contributed by atoms with Crippen LogP contribution in [0.25, 0.3) is 0 Å². The fourth-order valence-electron chi connectivity index (χ4n) is 2.14. The SMILES string of the molecule is CCCCCOc1ncccc1C(O)C/C=C\CCCC(=O)O. The Balaban J connectivity index is 2.43. The Morgan fingerprint density at radius 2 is 2.17 bits per heavy atom. The number of carboxylic acid groups (broad SMARTS) is 1. The van der Waals surface area contributed by atoms with Crippen LogP contribution in [0.4, 0.5) is 0 Å². The summed E-state index contributed by atoms with van der Waals surface area (Å²) in [6.07, 6.45) is 9.95. The summed E-state index contributed by atoms with van der Waals surface area (Å²) in [5, 5.41) is 18.8. The van der Waals surface area contributed by atoms with E-state index >= 15 is 0 Å². The lowest BCUT2D eigenvalue weighted by atomic mass is 10.1. The lowest BCUT2D eigenvalue weighted by Gasteiger charge is -2.13. The standard InChI is InChI=1S/C18H27NO4/c1-2-3-8-14-23-18-15(10-9-13-19-18)16(20)11-6-4-5-7-12-17(21)22/h4,6,9-10,13,16,20H,2-3,5,7-8,11-12,14H2,1H3,(H,21,22)/b6-4-. The molecule has 5 heteroatoms. The molecule has 0 spiro atoms. The highest BCUT2D eigenvalue weighted by Gasteiger charge is 2.13. The Morgan fingerprint density at radius 3 is 2.91 bits per heavy atom. The van der Waals surface area contributed by atoms with Gasteiger partial charge in [0.1, 0.15) is 0 Å². The van der Waals surface area contributed by atoms with Crippen molar-refractivity contribution >= 4 is 5.97 Å². The van der Waals surface area contributed by atoms with Gasteiger partial charge in [0.25, 0.3) is 0 Å². The number of hydrogen-bond acceptors (Lipinski definition) is 4. The molecule has 1 unspecified atom stereocenters. The van der Waals surface area contributed by atoms with Crippen molar-refractivity contribution in [3.8, 4) is 5.88 Å². The largest absolute Gasteiger partial charge is 0.481 e. The molecule has 0 saturated carbocycles. The average Bonchev–Trinajstić information content (AvgIpc) is 2.54. The molecule has 0 fully saturated rings. The summed E-state index contributed by atoms with van der Waals surface area (Å²) in [6, 6.07) is 3.61. The van der Waals surface area contributed by atoms with E-state index in [9.17, 15) is 9.90 Å².